The van der Waals surface area contributed by atoms with Crippen molar-refractivity contribution in [3.63, 3.8) is 0 Å². The van der Waals surface area contributed by atoms with E-state index in [-0.39, 0.29) is 0 Å². The summed E-state index contributed by atoms with van der Waals surface area (Å²) >= 11 is 0. The second kappa shape index (κ2) is 5.30. The zero-order valence-corrected chi connectivity index (χ0v) is 13.2. The van der Waals surface area contributed by atoms with Crippen LogP contribution in [0.2, 0.25) is 32.2 Å². The van der Waals surface area contributed by atoms with E-state index >= 15 is 0 Å². The monoisotopic (exact) mass is 252 g/mol. The number of hydrogen-bond donors (Lipinski definition) is 0. The van der Waals surface area contributed by atoms with Crippen LogP contribution in [0.15, 0.2) is 30.3 Å². The predicted molar refractivity (Wildman–Crippen MR) is 77.2 cm³/mol. The Morgan fingerprint density at radius 1 is 1.00 bits per heavy atom. The third kappa shape index (κ3) is 3.88. The van der Waals surface area contributed by atoms with Gasteiger partial charge in [-0.2, -0.15) is 0 Å². The first kappa shape index (κ1) is 13.7. The van der Waals surface area contributed by atoms with E-state index in [2.05, 4.69) is 63.4 Å². The van der Waals surface area contributed by atoms with Crippen molar-refractivity contribution < 1.29 is 4.12 Å². The number of hydrogen-bond acceptors (Lipinski definition) is 1. The van der Waals surface area contributed by atoms with Crippen LogP contribution >= 0.6 is 0 Å². The molecule has 0 spiro atoms. The molecule has 1 nitrogen and oxygen atoms in total. The standard InChI is InChI=1S/C13H24OSi2/c1-6-12-15(2,3)14-16(4,5)13-10-8-7-9-11-13/h7-11H,6,12H2,1-5H3. The summed E-state index contributed by atoms with van der Waals surface area (Å²) < 4.78 is 6.53. The largest absolute Gasteiger partial charge is 0.452 e. The zero-order valence-electron chi connectivity index (χ0n) is 11.2. The van der Waals surface area contributed by atoms with Crippen LogP contribution in [0.5, 0.6) is 0 Å². The summed E-state index contributed by atoms with van der Waals surface area (Å²) in [5.41, 5.74) is 0. The number of rotatable bonds is 5. The summed E-state index contributed by atoms with van der Waals surface area (Å²) in [6.07, 6.45) is 1.23. The molecule has 0 aliphatic carbocycles. The van der Waals surface area contributed by atoms with Gasteiger partial charge in [0, 0.05) is 0 Å². The summed E-state index contributed by atoms with van der Waals surface area (Å²) in [6.45, 7) is 11.6. The summed E-state index contributed by atoms with van der Waals surface area (Å²) in [6, 6.07) is 12.0. The maximum absolute atomic E-state index is 6.53. The fraction of sp³-hybridized carbons (Fsp3) is 0.538. The van der Waals surface area contributed by atoms with Crippen LogP contribution in [0.25, 0.3) is 0 Å². The van der Waals surface area contributed by atoms with Crippen molar-refractivity contribution in [1.29, 1.82) is 0 Å². The first-order valence-corrected chi connectivity index (χ1v) is 12.2. The molecule has 1 aromatic carbocycles. The summed E-state index contributed by atoms with van der Waals surface area (Å²) in [5, 5.41) is 1.41. The molecule has 0 amide bonds. The molecule has 0 aliphatic heterocycles. The minimum atomic E-state index is -1.69. The van der Waals surface area contributed by atoms with E-state index in [4.69, 9.17) is 4.12 Å². The van der Waals surface area contributed by atoms with Gasteiger partial charge in [0.15, 0.2) is 8.32 Å². The third-order valence-electron chi connectivity index (χ3n) is 2.85. The average molecular weight is 253 g/mol. The Morgan fingerprint density at radius 2 is 1.56 bits per heavy atom. The van der Waals surface area contributed by atoms with Gasteiger partial charge in [-0.3, -0.25) is 0 Å². The highest BCUT2D eigenvalue weighted by Crippen LogP contribution is 2.19. The topological polar surface area (TPSA) is 9.23 Å². The lowest BCUT2D eigenvalue weighted by atomic mass is 10.4. The van der Waals surface area contributed by atoms with Gasteiger partial charge < -0.3 is 4.12 Å². The highest BCUT2D eigenvalue weighted by Gasteiger charge is 2.33. The van der Waals surface area contributed by atoms with Gasteiger partial charge in [0.05, 0.1) is 0 Å². The van der Waals surface area contributed by atoms with Gasteiger partial charge in [-0.25, -0.2) is 0 Å². The lowest BCUT2D eigenvalue weighted by Gasteiger charge is -2.34. The Bertz CT molecular complexity index is 320. The lowest BCUT2D eigenvalue weighted by Crippen LogP contribution is -2.52. The van der Waals surface area contributed by atoms with Gasteiger partial charge in [0.2, 0.25) is 8.32 Å². The van der Waals surface area contributed by atoms with E-state index in [1.807, 2.05) is 0 Å². The lowest BCUT2D eigenvalue weighted by molar-refractivity contribution is 0.552. The fourth-order valence-electron chi connectivity index (χ4n) is 2.24. The van der Waals surface area contributed by atoms with Crippen LogP contribution in [0, 0.1) is 0 Å². The Hall–Kier alpha value is -0.386. The molecule has 16 heavy (non-hydrogen) atoms. The van der Waals surface area contributed by atoms with Crippen LogP contribution in [0.3, 0.4) is 0 Å². The first-order valence-electron chi connectivity index (χ1n) is 6.13. The highest BCUT2D eigenvalue weighted by molar-refractivity contribution is 6.92. The van der Waals surface area contributed by atoms with Gasteiger partial charge >= 0.3 is 0 Å². The Kier molecular flexibility index (Phi) is 4.53. The predicted octanol–water partition coefficient (Wildman–Crippen LogP) is 3.73. The molecule has 0 heterocycles. The van der Waals surface area contributed by atoms with Gasteiger partial charge in [0.25, 0.3) is 0 Å². The molecule has 0 atom stereocenters. The summed E-state index contributed by atoms with van der Waals surface area (Å²) in [4.78, 5) is 0. The van der Waals surface area contributed by atoms with Crippen LogP contribution in [0.4, 0.5) is 0 Å². The first-order chi connectivity index (χ1) is 7.37. The Morgan fingerprint density at radius 3 is 2.06 bits per heavy atom. The van der Waals surface area contributed by atoms with Gasteiger partial charge in [-0.15, -0.1) is 0 Å². The quantitative estimate of drug-likeness (QED) is 0.726. The molecule has 0 radical (unpaired) electrons. The van der Waals surface area contributed by atoms with Crippen LogP contribution < -0.4 is 5.19 Å². The second-order valence-corrected chi connectivity index (χ2v) is 13.9. The van der Waals surface area contributed by atoms with Gasteiger partial charge in [-0.1, -0.05) is 43.7 Å². The van der Waals surface area contributed by atoms with Crippen LogP contribution in [-0.2, 0) is 4.12 Å². The molecule has 0 unspecified atom stereocenters. The van der Waals surface area contributed by atoms with Gasteiger partial charge in [0.1, 0.15) is 0 Å². The minimum Gasteiger partial charge on any atom is -0.452 e. The Labute approximate surface area is 102 Å². The third-order valence-corrected chi connectivity index (χ3v) is 10.5. The molecular formula is C13H24OSi2. The van der Waals surface area contributed by atoms with Gasteiger partial charge in [-0.05, 0) is 37.4 Å². The van der Waals surface area contributed by atoms with Crippen LogP contribution in [-0.4, -0.2) is 16.6 Å². The smallest absolute Gasteiger partial charge is 0.205 e. The SMILES string of the molecule is CCC[Si](C)(C)O[Si](C)(C)c1ccccc1. The molecule has 0 bridgehead atoms. The molecule has 1 rings (SSSR count). The van der Waals surface area contributed by atoms with E-state index in [9.17, 15) is 0 Å². The van der Waals surface area contributed by atoms with Crippen molar-refractivity contribution in [3.05, 3.63) is 30.3 Å². The van der Waals surface area contributed by atoms with Crippen molar-refractivity contribution in [3.8, 4) is 0 Å². The molecule has 0 aromatic heterocycles. The van der Waals surface area contributed by atoms with E-state index in [1.165, 1.54) is 17.7 Å². The van der Waals surface area contributed by atoms with Crippen molar-refractivity contribution in [2.24, 2.45) is 0 Å². The molecule has 1 aromatic rings. The minimum absolute atomic E-state index is 1.23. The van der Waals surface area contributed by atoms with Crippen molar-refractivity contribution in [2.75, 3.05) is 0 Å². The molecule has 0 N–H and O–H groups in total. The maximum atomic E-state index is 6.53. The highest BCUT2D eigenvalue weighted by atomic mass is 28.4. The zero-order chi connectivity index (χ0) is 12.2. The molecule has 0 aliphatic rings. The molecule has 3 heteroatoms. The number of benzene rings is 1. The second-order valence-electron chi connectivity index (χ2n) is 5.49. The van der Waals surface area contributed by atoms with E-state index < -0.39 is 16.6 Å². The van der Waals surface area contributed by atoms with Crippen molar-refractivity contribution >= 4 is 21.8 Å². The Balaban J connectivity index is 2.79. The van der Waals surface area contributed by atoms with Crippen molar-refractivity contribution in [2.45, 2.75) is 45.6 Å². The molecule has 90 valence electrons. The normalized spacial score (nSPS) is 12.8. The van der Waals surface area contributed by atoms with E-state index in [0.29, 0.717) is 0 Å². The molecule has 0 saturated carbocycles. The molecule has 0 fully saturated rings. The molecular weight excluding hydrogens is 228 g/mol. The van der Waals surface area contributed by atoms with E-state index in [1.54, 1.807) is 0 Å². The van der Waals surface area contributed by atoms with E-state index in [0.717, 1.165) is 0 Å². The fourth-order valence-corrected chi connectivity index (χ4v) is 10.8. The average Bonchev–Trinajstić information content (AvgIpc) is 2.17. The summed E-state index contributed by atoms with van der Waals surface area (Å²) in [7, 11) is -3.15. The maximum Gasteiger partial charge on any atom is 0.205 e. The van der Waals surface area contributed by atoms with Crippen LogP contribution in [0.1, 0.15) is 13.3 Å². The van der Waals surface area contributed by atoms with Crippen molar-refractivity contribution in [1.82, 2.24) is 0 Å². The molecule has 0 saturated heterocycles. The summed E-state index contributed by atoms with van der Waals surface area (Å²) in [5.74, 6) is 0.